The molecule has 2 aromatic rings. The predicted octanol–water partition coefficient (Wildman–Crippen LogP) is 4.38. The van der Waals surface area contributed by atoms with E-state index in [1.165, 1.54) is 18.9 Å². The van der Waals surface area contributed by atoms with Gasteiger partial charge in [0.25, 0.3) is 5.91 Å². The van der Waals surface area contributed by atoms with Gasteiger partial charge in [0.15, 0.2) is 21.8 Å². The Morgan fingerprint density at radius 3 is 2.55 bits per heavy atom. The third kappa shape index (κ3) is 4.18. The van der Waals surface area contributed by atoms with E-state index < -0.39 is 0 Å². The van der Waals surface area contributed by atoms with Crippen LogP contribution in [0.2, 0.25) is 5.15 Å². The molecule has 1 aliphatic rings. The van der Waals surface area contributed by atoms with Crippen LogP contribution in [-0.4, -0.2) is 48.8 Å². The molecule has 9 heteroatoms. The Labute approximate surface area is 178 Å². The van der Waals surface area contributed by atoms with Gasteiger partial charge in [-0.15, -0.1) is 0 Å². The van der Waals surface area contributed by atoms with Crippen LogP contribution >= 0.6 is 23.4 Å². The highest BCUT2D eigenvalue weighted by Gasteiger charge is 2.33. The van der Waals surface area contributed by atoms with Crippen LogP contribution in [0.15, 0.2) is 40.4 Å². The third-order valence-corrected chi connectivity index (χ3v) is 5.48. The van der Waals surface area contributed by atoms with Crippen molar-refractivity contribution in [1.29, 1.82) is 0 Å². The molecule has 0 atom stereocenters. The summed E-state index contributed by atoms with van der Waals surface area (Å²) in [7, 11) is 4.63. The minimum absolute atomic E-state index is 0.145. The van der Waals surface area contributed by atoms with Crippen LogP contribution < -0.4 is 14.2 Å². The number of hydrogen-bond donors (Lipinski definition) is 0. The van der Waals surface area contributed by atoms with Gasteiger partial charge in [0.1, 0.15) is 5.69 Å². The number of aliphatic imine (C=N–C) groups is 1. The molecule has 0 bridgehead atoms. The Bertz CT molecular complexity index is 994. The second-order valence-corrected chi connectivity index (χ2v) is 7.16. The van der Waals surface area contributed by atoms with Crippen molar-refractivity contribution in [3.63, 3.8) is 0 Å². The van der Waals surface area contributed by atoms with Gasteiger partial charge >= 0.3 is 0 Å². The van der Waals surface area contributed by atoms with E-state index >= 15 is 0 Å². The maximum absolute atomic E-state index is 12.9. The van der Waals surface area contributed by atoms with E-state index in [0.717, 1.165) is 0 Å². The molecular weight excluding hydrogens is 414 g/mol. The van der Waals surface area contributed by atoms with Crippen LogP contribution in [0.5, 0.6) is 17.2 Å². The molecule has 1 amide bonds. The average Bonchev–Trinajstić information content (AvgIpc) is 3.03. The molecule has 1 aromatic carbocycles. The van der Waals surface area contributed by atoms with Crippen molar-refractivity contribution in [2.24, 2.45) is 4.99 Å². The van der Waals surface area contributed by atoms with E-state index in [2.05, 4.69) is 9.98 Å². The monoisotopic (exact) mass is 433 g/mol. The first kappa shape index (κ1) is 21.0. The number of amidine groups is 1. The molecule has 0 unspecified atom stereocenters. The van der Waals surface area contributed by atoms with Crippen molar-refractivity contribution in [3.05, 3.63) is 46.1 Å². The molecule has 1 aromatic heterocycles. The number of ether oxygens (including phenoxy) is 3. The zero-order chi connectivity index (χ0) is 21.0. The number of nitrogens with zero attached hydrogens (tertiary/aromatic N) is 3. The van der Waals surface area contributed by atoms with Crippen molar-refractivity contribution in [2.75, 3.05) is 27.9 Å². The predicted molar refractivity (Wildman–Crippen MR) is 115 cm³/mol. The second-order valence-electron chi connectivity index (χ2n) is 5.79. The number of methoxy groups -OCH3 is 3. The molecule has 0 radical (unpaired) electrons. The lowest BCUT2D eigenvalue weighted by atomic mass is 10.1. The van der Waals surface area contributed by atoms with Crippen LogP contribution in [0.25, 0.3) is 6.08 Å². The molecule has 0 spiro atoms. The van der Waals surface area contributed by atoms with Crippen molar-refractivity contribution >= 4 is 46.2 Å². The summed E-state index contributed by atoms with van der Waals surface area (Å²) < 4.78 is 16.2. The number of carbonyl (C=O) groups excluding carboxylic acids is 1. The topological polar surface area (TPSA) is 73.2 Å². The number of pyridine rings is 1. The van der Waals surface area contributed by atoms with Crippen molar-refractivity contribution < 1.29 is 19.0 Å². The van der Waals surface area contributed by atoms with Crippen LogP contribution in [0.3, 0.4) is 0 Å². The second kappa shape index (κ2) is 9.19. The molecule has 0 N–H and O–H groups in total. The zero-order valence-corrected chi connectivity index (χ0v) is 18.0. The Kier molecular flexibility index (Phi) is 6.66. The van der Waals surface area contributed by atoms with E-state index in [-0.39, 0.29) is 11.1 Å². The number of amides is 1. The summed E-state index contributed by atoms with van der Waals surface area (Å²) in [6, 6.07) is 7.07. The zero-order valence-electron chi connectivity index (χ0n) is 16.4. The number of benzene rings is 1. The van der Waals surface area contributed by atoms with Gasteiger partial charge < -0.3 is 14.2 Å². The van der Waals surface area contributed by atoms with Crippen LogP contribution in [0.1, 0.15) is 12.5 Å². The highest BCUT2D eigenvalue weighted by atomic mass is 35.5. The van der Waals surface area contributed by atoms with E-state index in [1.54, 1.807) is 49.6 Å². The Morgan fingerprint density at radius 2 is 1.93 bits per heavy atom. The standard InChI is InChI=1S/C20H20ClN3O4S/c1-5-24-19(25)15(29-20(24)23-13-7-6-10-22-18(13)21)11-12-8-9-14(26-2)17(28-4)16(12)27-3/h6-11H,5H2,1-4H3/b15-11-,23-20?. The fourth-order valence-electron chi connectivity index (χ4n) is 2.81. The summed E-state index contributed by atoms with van der Waals surface area (Å²) in [4.78, 5) is 23.6. The molecule has 2 heterocycles. The molecule has 1 fully saturated rings. The third-order valence-electron chi connectivity index (χ3n) is 4.18. The van der Waals surface area contributed by atoms with E-state index in [4.69, 9.17) is 25.8 Å². The molecule has 3 rings (SSSR count). The maximum atomic E-state index is 12.9. The van der Waals surface area contributed by atoms with E-state index in [0.29, 0.717) is 45.1 Å². The highest BCUT2D eigenvalue weighted by Crippen LogP contribution is 2.42. The van der Waals surface area contributed by atoms with Gasteiger partial charge in [-0.25, -0.2) is 9.98 Å². The molecule has 0 saturated carbocycles. The summed E-state index contributed by atoms with van der Waals surface area (Å²) in [6.45, 7) is 2.36. The first-order valence-corrected chi connectivity index (χ1v) is 9.93. The van der Waals surface area contributed by atoms with Crippen molar-refractivity contribution in [2.45, 2.75) is 6.92 Å². The number of likely N-dealkylation sites (N-methyl/N-ethyl adjacent to an activating group) is 1. The number of halogens is 1. The first-order valence-electron chi connectivity index (χ1n) is 8.73. The Morgan fingerprint density at radius 1 is 1.17 bits per heavy atom. The number of carbonyl (C=O) groups is 1. The van der Waals surface area contributed by atoms with Gasteiger partial charge in [-0.1, -0.05) is 11.6 Å². The fraction of sp³-hybridized carbons (Fsp3) is 0.250. The largest absolute Gasteiger partial charge is 0.493 e. The Hall–Kier alpha value is -2.71. The van der Waals surface area contributed by atoms with Crippen LogP contribution in [0.4, 0.5) is 5.69 Å². The normalized spacial score (nSPS) is 16.6. The fourth-order valence-corrected chi connectivity index (χ4v) is 4.02. The summed E-state index contributed by atoms with van der Waals surface area (Å²) in [6.07, 6.45) is 3.34. The highest BCUT2D eigenvalue weighted by molar-refractivity contribution is 8.18. The molecule has 0 aliphatic carbocycles. The maximum Gasteiger partial charge on any atom is 0.266 e. The molecule has 152 valence electrons. The van der Waals surface area contributed by atoms with Gasteiger partial charge in [-0.2, -0.15) is 0 Å². The molecule has 1 aliphatic heterocycles. The molecule has 7 nitrogen and oxygen atoms in total. The number of aromatic nitrogens is 1. The number of rotatable bonds is 6. The number of thioether (sulfide) groups is 1. The summed E-state index contributed by atoms with van der Waals surface area (Å²) in [5, 5.41) is 0.821. The summed E-state index contributed by atoms with van der Waals surface area (Å²) in [5.74, 6) is 1.34. The average molecular weight is 434 g/mol. The van der Waals surface area contributed by atoms with Gasteiger partial charge in [-0.05, 0) is 49.0 Å². The minimum Gasteiger partial charge on any atom is -0.493 e. The van der Waals surface area contributed by atoms with Gasteiger partial charge in [0.2, 0.25) is 5.75 Å². The molecular formula is C20H20ClN3O4S. The Balaban J connectivity index is 2.03. The molecule has 1 saturated heterocycles. The lowest BCUT2D eigenvalue weighted by molar-refractivity contribution is -0.122. The summed E-state index contributed by atoms with van der Waals surface area (Å²) >= 11 is 7.38. The van der Waals surface area contributed by atoms with Gasteiger partial charge in [-0.3, -0.25) is 9.69 Å². The van der Waals surface area contributed by atoms with Crippen molar-refractivity contribution in [3.8, 4) is 17.2 Å². The minimum atomic E-state index is -0.145. The van der Waals surface area contributed by atoms with Gasteiger partial charge in [0.05, 0.1) is 26.2 Å². The van der Waals surface area contributed by atoms with Crippen LogP contribution in [-0.2, 0) is 4.79 Å². The van der Waals surface area contributed by atoms with E-state index in [1.807, 2.05) is 13.0 Å². The lowest BCUT2D eigenvalue weighted by Gasteiger charge is -2.14. The smallest absolute Gasteiger partial charge is 0.266 e. The molecule has 29 heavy (non-hydrogen) atoms. The number of hydrogen-bond acceptors (Lipinski definition) is 7. The SMILES string of the molecule is CCN1C(=O)/C(=C/c2ccc(OC)c(OC)c2OC)SC1=Nc1cccnc1Cl. The van der Waals surface area contributed by atoms with Crippen molar-refractivity contribution in [1.82, 2.24) is 9.88 Å². The first-order chi connectivity index (χ1) is 14.0. The van der Waals surface area contributed by atoms with Gasteiger partial charge in [0, 0.05) is 18.3 Å². The quantitative estimate of drug-likeness (QED) is 0.497. The van der Waals surface area contributed by atoms with Crippen LogP contribution in [0, 0.1) is 0 Å². The summed E-state index contributed by atoms with van der Waals surface area (Å²) in [5.41, 5.74) is 1.20. The lowest BCUT2D eigenvalue weighted by Crippen LogP contribution is -2.28. The van der Waals surface area contributed by atoms with E-state index in [9.17, 15) is 4.79 Å².